The van der Waals surface area contributed by atoms with Crippen LogP contribution in [0.3, 0.4) is 0 Å². The van der Waals surface area contributed by atoms with Crippen LogP contribution < -0.4 is 4.90 Å². The lowest BCUT2D eigenvalue weighted by Gasteiger charge is -2.30. The zero-order valence-electron chi connectivity index (χ0n) is 12.2. The van der Waals surface area contributed by atoms with E-state index in [1.54, 1.807) is 0 Å². The van der Waals surface area contributed by atoms with Crippen LogP contribution in [0.1, 0.15) is 24.8 Å². The predicted molar refractivity (Wildman–Crippen MR) is 84.8 cm³/mol. The van der Waals surface area contributed by atoms with Crippen LogP contribution in [0.4, 0.5) is 5.82 Å². The van der Waals surface area contributed by atoms with Gasteiger partial charge in [-0.2, -0.15) is 0 Å². The maximum Gasteiger partial charge on any atom is 0.128 e. The van der Waals surface area contributed by atoms with Gasteiger partial charge in [-0.1, -0.05) is 0 Å². The molecule has 0 unspecified atom stereocenters. The van der Waals surface area contributed by atoms with Crippen molar-refractivity contribution in [1.29, 1.82) is 0 Å². The second kappa shape index (κ2) is 6.71. The third kappa shape index (κ3) is 4.18. The number of likely N-dealkylation sites (tertiary alicyclic amines) is 1. The lowest BCUT2D eigenvalue weighted by Crippen LogP contribution is -2.32. The van der Waals surface area contributed by atoms with E-state index >= 15 is 0 Å². The molecular formula is C15H24BrN3. The molecule has 0 atom stereocenters. The van der Waals surface area contributed by atoms with E-state index in [9.17, 15) is 0 Å². The summed E-state index contributed by atoms with van der Waals surface area (Å²) in [5.41, 5.74) is 1.25. The highest BCUT2D eigenvalue weighted by Gasteiger charge is 2.17. The first-order chi connectivity index (χ1) is 9.06. The molecule has 0 saturated carbocycles. The van der Waals surface area contributed by atoms with Crippen molar-refractivity contribution >= 4 is 21.7 Å². The smallest absolute Gasteiger partial charge is 0.128 e. The number of aromatic nitrogens is 1. The van der Waals surface area contributed by atoms with Gasteiger partial charge in [0.25, 0.3) is 0 Å². The lowest BCUT2D eigenvalue weighted by molar-refractivity contribution is 0.213. The molecule has 2 heterocycles. The number of aryl methyl sites for hydroxylation is 1. The van der Waals surface area contributed by atoms with Crippen molar-refractivity contribution in [2.45, 2.75) is 26.2 Å². The zero-order chi connectivity index (χ0) is 13.8. The number of rotatable bonds is 4. The summed E-state index contributed by atoms with van der Waals surface area (Å²) in [6.07, 6.45) is 5.87. The fourth-order valence-electron chi connectivity index (χ4n) is 2.57. The average Bonchev–Trinajstić information content (AvgIpc) is 2.41. The first-order valence-corrected chi connectivity index (χ1v) is 7.87. The lowest BCUT2D eigenvalue weighted by atomic mass is 9.94. The van der Waals surface area contributed by atoms with Gasteiger partial charge in [0.15, 0.2) is 0 Å². The van der Waals surface area contributed by atoms with E-state index in [1.165, 1.54) is 37.9 Å². The molecule has 1 aliphatic rings. The van der Waals surface area contributed by atoms with Crippen molar-refractivity contribution in [3.63, 3.8) is 0 Å². The Hall–Kier alpha value is -0.610. The Morgan fingerprint density at radius 2 is 2.11 bits per heavy atom. The SMILES string of the molecule is Cc1cc(N(C)CCC2CCN(C)CC2)ncc1Br. The summed E-state index contributed by atoms with van der Waals surface area (Å²) in [6.45, 7) is 5.72. The Labute approximate surface area is 125 Å². The van der Waals surface area contributed by atoms with Gasteiger partial charge in [0, 0.05) is 24.3 Å². The largest absolute Gasteiger partial charge is 0.360 e. The first-order valence-electron chi connectivity index (χ1n) is 7.08. The first kappa shape index (κ1) is 14.8. The number of hydrogen-bond acceptors (Lipinski definition) is 3. The number of pyridine rings is 1. The Morgan fingerprint density at radius 3 is 2.74 bits per heavy atom. The second-order valence-corrected chi connectivity index (χ2v) is 6.60. The Morgan fingerprint density at radius 1 is 1.42 bits per heavy atom. The van der Waals surface area contributed by atoms with Crippen molar-refractivity contribution in [1.82, 2.24) is 9.88 Å². The van der Waals surface area contributed by atoms with Crippen molar-refractivity contribution in [3.8, 4) is 0 Å². The van der Waals surface area contributed by atoms with Gasteiger partial charge in [-0.3, -0.25) is 0 Å². The molecule has 3 nitrogen and oxygen atoms in total. The van der Waals surface area contributed by atoms with Gasteiger partial charge >= 0.3 is 0 Å². The van der Waals surface area contributed by atoms with Gasteiger partial charge in [0.2, 0.25) is 0 Å². The molecule has 106 valence electrons. The predicted octanol–water partition coefficient (Wildman–Crippen LogP) is 3.32. The molecule has 1 saturated heterocycles. The molecule has 19 heavy (non-hydrogen) atoms. The van der Waals surface area contributed by atoms with Gasteiger partial charge in [0.05, 0.1) is 0 Å². The number of nitrogens with zero attached hydrogens (tertiary/aromatic N) is 3. The number of piperidine rings is 1. The Balaban J connectivity index is 1.83. The minimum Gasteiger partial charge on any atom is -0.360 e. The monoisotopic (exact) mass is 325 g/mol. The van der Waals surface area contributed by atoms with E-state index in [-0.39, 0.29) is 0 Å². The van der Waals surface area contributed by atoms with E-state index in [4.69, 9.17) is 0 Å². The molecule has 0 aliphatic carbocycles. The average molecular weight is 326 g/mol. The van der Waals surface area contributed by atoms with Crippen molar-refractivity contribution in [2.24, 2.45) is 5.92 Å². The Bertz CT molecular complexity index is 414. The van der Waals surface area contributed by atoms with E-state index in [0.717, 1.165) is 22.8 Å². The summed E-state index contributed by atoms with van der Waals surface area (Å²) in [7, 11) is 4.36. The van der Waals surface area contributed by atoms with Gasteiger partial charge in [-0.05, 0) is 79.8 Å². The summed E-state index contributed by atoms with van der Waals surface area (Å²) >= 11 is 3.50. The fourth-order valence-corrected chi connectivity index (χ4v) is 2.79. The van der Waals surface area contributed by atoms with Crippen LogP contribution in [-0.4, -0.2) is 43.6 Å². The molecule has 1 aliphatic heterocycles. The molecule has 4 heteroatoms. The van der Waals surface area contributed by atoms with Gasteiger partial charge in [-0.25, -0.2) is 4.98 Å². The quantitative estimate of drug-likeness (QED) is 0.846. The summed E-state index contributed by atoms with van der Waals surface area (Å²) in [5.74, 6) is 1.96. The van der Waals surface area contributed by atoms with E-state index in [0.29, 0.717) is 0 Å². The number of hydrogen-bond donors (Lipinski definition) is 0. The number of anilines is 1. The molecule has 0 bridgehead atoms. The van der Waals surface area contributed by atoms with Crippen molar-refractivity contribution in [3.05, 3.63) is 22.3 Å². The van der Waals surface area contributed by atoms with Crippen LogP contribution >= 0.6 is 15.9 Å². The molecule has 0 radical (unpaired) electrons. The molecule has 2 rings (SSSR count). The molecule has 1 aromatic rings. The highest BCUT2D eigenvalue weighted by Crippen LogP contribution is 2.22. The second-order valence-electron chi connectivity index (χ2n) is 5.75. The normalized spacial score (nSPS) is 17.7. The fraction of sp³-hybridized carbons (Fsp3) is 0.667. The van der Waals surface area contributed by atoms with Crippen LogP contribution in [0.25, 0.3) is 0 Å². The van der Waals surface area contributed by atoms with Crippen LogP contribution in [-0.2, 0) is 0 Å². The molecule has 1 aromatic heterocycles. The molecule has 0 spiro atoms. The van der Waals surface area contributed by atoms with E-state index in [2.05, 4.69) is 57.8 Å². The summed E-state index contributed by atoms with van der Waals surface area (Å²) in [6, 6.07) is 2.15. The third-order valence-electron chi connectivity index (χ3n) is 4.13. The summed E-state index contributed by atoms with van der Waals surface area (Å²) in [4.78, 5) is 9.19. The molecule has 0 N–H and O–H groups in total. The van der Waals surface area contributed by atoms with Crippen LogP contribution in [0, 0.1) is 12.8 Å². The van der Waals surface area contributed by atoms with Crippen LogP contribution in [0.5, 0.6) is 0 Å². The maximum absolute atomic E-state index is 4.49. The summed E-state index contributed by atoms with van der Waals surface area (Å²) < 4.78 is 1.08. The summed E-state index contributed by atoms with van der Waals surface area (Å²) in [5, 5.41) is 0. The van der Waals surface area contributed by atoms with E-state index in [1.807, 2.05) is 6.20 Å². The van der Waals surface area contributed by atoms with Gasteiger partial charge < -0.3 is 9.80 Å². The third-order valence-corrected chi connectivity index (χ3v) is 4.96. The minimum absolute atomic E-state index is 0.884. The standard InChI is InChI=1S/C15H24BrN3/c1-12-10-15(17-11-14(12)16)19(3)9-6-13-4-7-18(2)8-5-13/h10-11,13H,4-9H2,1-3H3. The topological polar surface area (TPSA) is 19.4 Å². The molecule has 0 aromatic carbocycles. The molecule has 1 fully saturated rings. The maximum atomic E-state index is 4.49. The minimum atomic E-state index is 0.884. The highest BCUT2D eigenvalue weighted by molar-refractivity contribution is 9.10. The molecule has 0 amide bonds. The van der Waals surface area contributed by atoms with Gasteiger partial charge in [0.1, 0.15) is 5.82 Å². The van der Waals surface area contributed by atoms with Crippen molar-refractivity contribution in [2.75, 3.05) is 38.6 Å². The van der Waals surface area contributed by atoms with Crippen LogP contribution in [0.15, 0.2) is 16.7 Å². The molecular weight excluding hydrogens is 302 g/mol. The number of halogens is 1. The van der Waals surface area contributed by atoms with Crippen LogP contribution in [0.2, 0.25) is 0 Å². The van der Waals surface area contributed by atoms with Crippen molar-refractivity contribution < 1.29 is 0 Å². The van der Waals surface area contributed by atoms with Gasteiger partial charge in [-0.15, -0.1) is 0 Å². The Kier molecular flexibility index (Phi) is 5.22. The van der Waals surface area contributed by atoms with E-state index < -0.39 is 0 Å². The zero-order valence-corrected chi connectivity index (χ0v) is 13.8. The highest BCUT2D eigenvalue weighted by atomic mass is 79.9.